The van der Waals surface area contributed by atoms with Gasteiger partial charge < -0.3 is 4.74 Å². The summed E-state index contributed by atoms with van der Waals surface area (Å²) in [6, 6.07) is 30.0. The molecular weight excluding hydrogens is 384 g/mol. The number of thiocarbonyl (C=S) groups is 1. The molecule has 0 fully saturated rings. The topological polar surface area (TPSA) is 26.3 Å². The average molecular weight is 407 g/mol. The number of hydrogen-bond acceptors (Lipinski definition) is 4. The van der Waals surface area contributed by atoms with Crippen LogP contribution in [0.3, 0.4) is 0 Å². The molecule has 3 aromatic carbocycles. The van der Waals surface area contributed by atoms with E-state index in [0.717, 1.165) is 20.9 Å². The summed E-state index contributed by atoms with van der Waals surface area (Å²) in [5.41, 5.74) is 3.13. The third-order valence-electron chi connectivity index (χ3n) is 4.57. The minimum absolute atomic E-state index is 0.0400. The number of rotatable bonds is 7. The highest BCUT2D eigenvalue weighted by Crippen LogP contribution is 2.40. The zero-order chi connectivity index (χ0) is 19.8. The van der Waals surface area contributed by atoms with Gasteiger partial charge in [0.15, 0.2) is 0 Å². The van der Waals surface area contributed by atoms with Crippen LogP contribution in [0.2, 0.25) is 0 Å². The first-order valence-electron chi connectivity index (χ1n) is 9.13. The molecule has 0 heterocycles. The van der Waals surface area contributed by atoms with Gasteiger partial charge in [0.05, 0.1) is 17.2 Å². The van der Waals surface area contributed by atoms with Crippen molar-refractivity contribution in [1.82, 2.24) is 0 Å². The Bertz CT molecular complexity index is 896. The van der Waals surface area contributed by atoms with Crippen molar-refractivity contribution in [2.75, 3.05) is 7.11 Å². The lowest BCUT2D eigenvalue weighted by Gasteiger charge is -2.23. The van der Waals surface area contributed by atoms with Gasteiger partial charge in [-0.05, 0) is 23.1 Å². The zero-order valence-corrected chi connectivity index (χ0v) is 17.3. The van der Waals surface area contributed by atoms with Gasteiger partial charge in [0.2, 0.25) is 0 Å². The minimum atomic E-state index is -0.345. The second-order valence-electron chi connectivity index (χ2n) is 6.39. The molecule has 0 radical (unpaired) electrons. The van der Waals surface area contributed by atoms with E-state index in [9.17, 15) is 4.79 Å². The average Bonchev–Trinajstić information content (AvgIpc) is 2.77. The molecule has 2 unspecified atom stereocenters. The van der Waals surface area contributed by atoms with Gasteiger partial charge in [0.1, 0.15) is 0 Å². The zero-order valence-electron chi connectivity index (χ0n) is 15.7. The van der Waals surface area contributed by atoms with Crippen LogP contribution >= 0.6 is 24.0 Å². The van der Waals surface area contributed by atoms with E-state index in [-0.39, 0.29) is 17.1 Å². The van der Waals surface area contributed by atoms with Crippen LogP contribution in [-0.2, 0) is 9.53 Å². The Morgan fingerprint density at radius 2 is 1.36 bits per heavy atom. The summed E-state index contributed by atoms with van der Waals surface area (Å²) in [4.78, 5) is 12.6. The van der Waals surface area contributed by atoms with Crippen molar-refractivity contribution < 1.29 is 9.53 Å². The van der Waals surface area contributed by atoms with Crippen molar-refractivity contribution in [2.24, 2.45) is 0 Å². The van der Waals surface area contributed by atoms with Crippen LogP contribution in [0.15, 0.2) is 91.0 Å². The van der Waals surface area contributed by atoms with Crippen molar-refractivity contribution in [3.63, 3.8) is 0 Å². The third-order valence-corrected chi connectivity index (χ3v) is 6.29. The summed E-state index contributed by atoms with van der Waals surface area (Å²) in [7, 11) is 1.44. The molecule has 0 aliphatic rings. The van der Waals surface area contributed by atoms with E-state index in [2.05, 4.69) is 12.1 Å². The van der Waals surface area contributed by atoms with Crippen molar-refractivity contribution in [1.29, 1.82) is 0 Å². The molecule has 0 aliphatic carbocycles. The minimum Gasteiger partial charge on any atom is -0.469 e. The van der Waals surface area contributed by atoms with Crippen LogP contribution in [0.25, 0.3) is 0 Å². The summed E-state index contributed by atoms with van der Waals surface area (Å²) < 4.78 is 5.94. The summed E-state index contributed by atoms with van der Waals surface area (Å²) in [5, 5.41) is 0.0400. The first-order valence-corrected chi connectivity index (χ1v) is 10.4. The number of thioether (sulfide) groups is 1. The molecule has 2 atom stereocenters. The maximum Gasteiger partial charge on any atom is 0.313 e. The van der Waals surface area contributed by atoms with E-state index in [1.165, 1.54) is 7.11 Å². The van der Waals surface area contributed by atoms with Gasteiger partial charge in [0.25, 0.3) is 0 Å². The fourth-order valence-electron chi connectivity index (χ4n) is 3.10. The molecule has 0 saturated carbocycles. The van der Waals surface area contributed by atoms with E-state index in [4.69, 9.17) is 17.0 Å². The lowest BCUT2D eigenvalue weighted by Crippen LogP contribution is -2.17. The van der Waals surface area contributed by atoms with Crippen LogP contribution < -0.4 is 0 Å². The number of hydrogen-bond donors (Lipinski definition) is 0. The maximum absolute atomic E-state index is 12.6. The van der Waals surface area contributed by atoms with E-state index < -0.39 is 0 Å². The van der Waals surface area contributed by atoms with Gasteiger partial charge in [-0.3, -0.25) is 4.79 Å². The predicted octanol–water partition coefficient (Wildman–Crippen LogP) is 6.18. The lowest BCUT2D eigenvalue weighted by atomic mass is 9.92. The van der Waals surface area contributed by atoms with Gasteiger partial charge in [-0.15, -0.1) is 11.8 Å². The molecule has 3 rings (SSSR count). The monoisotopic (exact) mass is 406 g/mol. The van der Waals surface area contributed by atoms with Crippen molar-refractivity contribution in [3.05, 3.63) is 108 Å². The Morgan fingerprint density at radius 3 is 1.89 bits per heavy atom. The number of benzene rings is 3. The molecule has 0 N–H and O–H groups in total. The largest absolute Gasteiger partial charge is 0.469 e. The van der Waals surface area contributed by atoms with Crippen LogP contribution in [-0.4, -0.2) is 17.3 Å². The molecule has 0 amide bonds. The second kappa shape index (κ2) is 10.2. The van der Waals surface area contributed by atoms with Gasteiger partial charge in [-0.1, -0.05) is 103 Å². The quantitative estimate of drug-likeness (QED) is 0.345. The normalized spacial score (nSPS) is 12.8. The number of ether oxygens (including phenoxy) is 1. The number of carbonyl (C=O) groups is 1. The van der Waals surface area contributed by atoms with E-state index >= 15 is 0 Å². The Balaban J connectivity index is 1.89. The third kappa shape index (κ3) is 5.31. The van der Waals surface area contributed by atoms with Gasteiger partial charge in [-0.25, -0.2) is 0 Å². The Kier molecular flexibility index (Phi) is 7.40. The standard InChI is InChI=1S/C24H22O2S2/c1-26-23(25)21(18-11-5-2-6-12-18)17-22(19-13-7-3-8-14-19)28-24(27)20-15-9-4-10-16-20/h2-16,21-22H,17H2,1H3. The molecule has 28 heavy (non-hydrogen) atoms. The Labute approximate surface area is 175 Å². The number of esters is 1. The molecule has 142 valence electrons. The van der Waals surface area contributed by atoms with Crippen LogP contribution in [0.4, 0.5) is 0 Å². The first kappa shape index (κ1) is 20.3. The van der Waals surface area contributed by atoms with E-state index in [1.54, 1.807) is 11.8 Å². The molecule has 0 aliphatic heterocycles. The number of methoxy groups -OCH3 is 1. The highest BCUT2D eigenvalue weighted by atomic mass is 32.2. The molecule has 3 aromatic rings. The van der Waals surface area contributed by atoms with Crippen molar-refractivity contribution >= 4 is 34.1 Å². The molecular formula is C24H22O2S2. The Hall–Kier alpha value is -2.43. The summed E-state index contributed by atoms with van der Waals surface area (Å²) in [6.45, 7) is 0. The summed E-state index contributed by atoms with van der Waals surface area (Å²) in [5.74, 6) is -0.569. The predicted molar refractivity (Wildman–Crippen MR) is 121 cm³/mol. The van der Waals surface area contributed by atoms with Crippen LogP contribution in [0.1, 0.15) is 34.3 Å². The highest BCUT2D eigenvalue weighted by Gasteiger charge is 2.27. The molecule has 0 saturated heterocycles. The smallest absolute Gasteiger partial charge is 0.313 e. The second-order valence-corrected chi connectivity index (χ2v) is 8.27. The van der Waals surface area contributed by atoms with E-state index in [0.29, 0.717) is 6.42 Å². The fourth-order valence-corrected chi connectivity index (χ4v) is 4.70. The molecule has 0 aromatic heterocycles. The van der Waals surface area contributed by atoms with Gasteiger partial charge in [0, 0.05) is 5.25 Å². The summed E-state index contributed by atoms with van der Waals surface area (Å²) in [6.07, 6.45) is 0.609. The van der Waals surface area contributed by atoms with Gasteiger partial charge >= 0.3 is 5.97 Å². The molecule has 0 bridgehead atoms. The lowest BCUT2D eigenvalue weighted by molar-refractivity contribution is -0.142. The first-order chi connectivity index (χ1) is 13.7. The Morgan fingerprint density at radius 1 is 0.857 bits per heavy atom. The van der Waals surface area contributed by atoms with Crippen molar-refractivity contribution in [3.8, 4) is 0 Å². The number of carbonyl (C=O) groups excluding carboxylic acids is 1. The maximum atomic E-state index is 12.6. The molecule has 2 nitrogen and oxygen atoms in total. The van der Waals surface area contributed by atoms with Crippen molar-refractivity contribution in [2.45, 2.75) is 17.6 Å². The molecule has 4 heteroatoms. The SMILES string of the molecule is COC(=O)C(CC(SC(=S)c1ccccc1)c1ccccc1)c1ccccc1. The fraction of sp³-hybridized carbons (Fsp3) is 0.167. The highest BCUT2D eigenvalue weighted by molar-refractivity contribution is 8.23. The van der Waals surface area contributed by atoms with Crippen LogP contribution in [0, 0.1) is 0 Å². The van der Waals surface area contributed by atoms with Gasteiger partial charge in [-0.2, -0.15) is 0 Å². The van der Waals surface area contributed by atoms with E-state index in [1.807, 2.05) is 78.9 Å². The summed E-state index contributed by atoms with van der Waals surface area (Å²) >= 11 is 7.33. The van der Waals surface area contributed by atoms with Crippen LogP contribution in [0.5, 0.6) is 0 Å². The molecule has 0 spiro atoms.